The summed E-state index contributed by atoms with van der Waals surface area (Å²) in [4.78, 5) is 3.99. The maximum absolute atomic E-state index is 13.4. The number of nitrogen functional groups attached to an aromatic ring is 1. The number of hydrogen-bond acceptors (Lipinski definition) is 3. The Labute approximate surface area is 107 Å². The van der Waals surface area contributed by atoms with Crippen molar-refractivity contribution in [3.8, 4) is 5.75 Å². The predicted octanol–water partition coefficient (Wildman–Crippen LogP) is 3.14. The molecule has 0 spiro atoms. The van der Waals surface area contributed by atoms with Gasteiger partial charge in [0, 0.05) is 22.4 Å². The van der Waals surface area contributed by atoms with Gasteiger partial charge in [0.25, 0.3) is 0 Å². The van der Waals surface area contributed by atoms with Crippen LogP contribution < -0.4 is 10.5 Å². The Morgan fingerprint density at radius 1 is 1.35 bits per heavy atom. The maximum Gasteiger partial charge on any atom is 0.178 e. The van der Waals surface area contributed by atoms with E-state index in [9.17, 15) is 4.39 Å². The van der Waals surface area contributed by atoms with Crippen molar-refractivity contribution in [2.24, 2.45) is 0 Å². The first-order chi connectivity index (χ1) is 8.16. The van der Waals surface area contributed by atoms with Gasteiger partial charge < -0.3 is 10.5 Å². The largest absolute Gasteiger partial charge is 0.484 e. The van der Waals surface area contributed by atoms with Crippen molar-refractivity contribution < 1.29 is 9.13 Å². The van der Waals surface area contributed by atoms with Gasteiger partial charge in [-0.05, 0) is 34.1 Å². The molecule has 0 aliphatic carbocycles. The van der Waals surface area contributed by atoms with E-state index >= 15 is 0 Å². The predicted molar refractivity (Wildman–Crippen MR) is 67.1 cm³/mol. The average Bonchev–Trinajstić information content (AvgIpc) is 2.28. The second-order valence-corrected chi connectivity index (χ2v) is 4.37. The lowest BCUT2D eigenvalue weighted by Crippen LogP contribution is -2.01. The molecular weight excluding hydrogens is 287 g/mol. The van der Waals surface area contributed by atoms with Crippen molar-refractivity contribution in [3.05, 3.63) is 52.5 Å². The van der Waals surface area contributed by atoms with E-state index in [0.29, 0.717) is 0 Å². The van der Waals surface area contributed by atoms with Gasteiger partial charge in [0.2, 0.25) is 0 Å². The van der Waals surface area contributed by atoms with Gasteiger partial charge in [0.05, 0.1) is 5.69 Å². The summed E-state index contributed by atoms with van der Waals surface area (Å²) in [6.45, 7) is 0.220. The van der Waals surface area contributed by atoms with Crippen LogP contribution in [0.4, 0.5) is 10.1 Å². The summed E-state index contributed by atoms with van der Waals surface area (Å²) in [6.07, 6.45) is 3.32. The summed E-state index contributed by atoms with van der Waals surface area (Å²) < 4.78 is 19.6. The van der Waals surface area contributed by atoms with Crippen molar-refractivity contribution in [1.82, 2.24) is 4.98 Å². The molecule has 2 aromatic rings. The molecule has 0 aliphatic rings. The molecule has 0 unspecified atom stereocenters. The summed E-state index contributed by atoms with van der Waals surface area (Å²) in [5, 5.41) is 0. The first-order valence-electron chi connectivity index (χ1n) is 4.93. The fourth-order valence-electron chi connectivity index (χ4n) is 1.37. The Balaban J connectivity index is 2.13. The van der Waals surface area contributed by atoms with Crippen LogP contribution in [-0.4, -0.2) is 4.98 Å². The maximum atomic E-state index is 13.4. The molecule has 3 nitrogen and oxygen atoms in total. The van der Waals surface area contributed by atoms with Crippen LogP contribution in [0.2, 0.25) is 0 Å². The third kappa shape index (κ3) is 2.94. The Morgan fingerprint density at radius 2 is 2.18 bits per heavy atom. The lowest BCUT2D eigenvalue weighted by atomic mass is 10.3. The smallest absolute Gasteiger partial charge is 0.178 e. The first kappa shape index (κ1) is 11.9. The SMILES string of the molecule is Nc1cccc(F)c1OCc1cncc(Br)c1. The minimum absolute atomic E-state index is 0.0764. The highest BCUT2D eigenvalue weighted by molar-refractivity contribution is 9.10. The van der Waals surface area contributed by atoms with E-state index in [-0.39, 0.29) is 18.0 Å². The minimum atomic E-state index is -0.465. The highest BCUT2D eigenvalue weighted by Gasteiger charge is 2.07. The van der Waals surface area contributed by atoms with Crippen LogP contribution in [0.1, 0.15) is 5.56 Å². The fraction of sp³-hybridized carbons (Fsp3) is 0.0833. The number of pyridine rings is 1. The third-order valence-corrected chi connectivity index (χ3v) is 2.58. The Hall–Kier alpha value is -1.62. The van der Waals surface area contributed by atoms with E-state index in [4.69, 9.17) is 10.5 Å². The monoisotopic (exact) mass is 296 g/mol. The number of hydrogen-bond donors (Lipinski definition) is 1. The van der Waals surface area contributed by atoms with Crippen LogP contribution in [0.25, 0.3) is 0 Å². The van der Waals surface area contributed by atoms with Crippen molar-refractivity contribution in [1.29, 1.82) is 0 Å². The second kappa shape index (κ2) is 5.14. The molecule has 88 valence electrons. The van der Waals surface area contributed by atoms with Gasteiger partial charge in [0.1, 0.15) is 6.61 Å². The summed E-state index contributed by atoms with van der Waals surface area (Å²) in [7, 11) is 0. The van der Waals surface area contributed by atoms with Gasteiger partial charge in [0.15, 0.2) is 11.6 Å². The normalized spacial score (nSPS) is 10.2. The Bertz CT molecular complexity index is 513. The highest BCUT2D eigenvalue weighted by atomic mass is 79.9. The van der Waals surface area contributed by atoms with Crippen molar-refractivity contribution in [3.63, 3.8) is 0 Å². The number of ether oxygens (including phenoxy) is 1. The second-order valence-electron chi connectivity index (χ2n) is 3.46. The van der Waals surface area contributed by atoms with Crippen LogP contribution in [0, 0.1) is 5.82 Å². The Kier molecular flexibility index (Phi) is 3.58. The van der Waals surface area contributed by atoms with E-state index in [2.05, 4.69) is 20.9 Å². The van der Waals surface area contributed by atoms with Crippen LogP contribution >= 0.6 is 15.9 Å². The molecule has 0 bridgehead atoms. The topological polar surface area (TPSA) is 48.1 Å². The molecule has 1 aromatic carbocycles. The van der Waals surface area contributed by atoms with Crippen LogP contribution in [0.5, 0.6) is 5.75 Å². The molecule has 0 saturated heterocycles. The van der Waals surface area contributed by atoms with Gasteiger partial charge in [-0.25, -0.2) is 4.39 Å². The zero-order valence-electron chi connectivity index (χ0n) is 8.86. The summed E-state index contributed by atoms with van der Waals surface area (Å²) >= 11 is 3.30. The van der Waals surface area contributed by atoms with Gasteiger partial charge in [-0.2, -0.15) is 0 Å². The highest BCUT2D eigenvalue weighted by Crippen LogP contribution is 2.25. The van der Waals surface area contributed by atoms with E-state index in [1.165, 1.54) is 12.1 Å². The first-order valence-corrected chi connectivity index (χ1v) is 5.72. The molecular formula is C12H10BrFN2O. The zero-order valence-corrected chi connectivity index (χ0v) is 10.4. The quantitative estimate of drug-likeness (QED) is 0.885. The van der Waals surface area contributed by atoms with Crippen molar-refractivity contribution in [2.45, 2.75) is 6.61 Å². The summed E-state index contributed by atoms with van der Waals surface area (Å²) in [5.74, 6) is -0.388. The molecule has 2 rings (SSSR count). The molecule has 1 aromatic heterocycles. The molecule has 2 N–H and O–H groups in total. The number of nitrogens with zero attached hydrogens (tertiary/aromatic N) is 1. The molecule has 5 heteroatoms. The molecule has 0 atom stereocenters. The minimum Gasteiger partial charge on any atom is -0.484 e. The van der Waals surface area contributed by atoms with Gasteiger partial charge in [-0.3, -0.25) is 4.98 Å². The molecule has 1 heterocycles. The zero-order chi connectivity index (χ0) is 12.3. The number of para-hydroxylation sites is 1. The standard InChI is InChI=1S/C12H10BrFN2O/c13-9-4-8(5-16-6-9)7-17-12-10(14)2-1-3-11(12)15/h1-6H,7,15H2. The van der Waals surface area contributed by atoms with Crippen LogP contribution in [0.3, 0.4) is 0 Å². The molecule has 0 aliphatic heterocycles. The lowest BCUT2D eigenvalue weighted by Gasteiger charge is -2.09. The summed E-state index contributed by atoms with van der Waals surface area (Å²) in [6, 6.07) is 6.30. The molecule has 0 amide bonds. The Morgan fingerprint density at radius 3 is 2.88 bits per heavy atom. The van der Waals surface area contributed by atoms with Gasteiger partial charge in [-0.15, -0.1) is 0 Å². The number of nitrogens with two attached hydrogens (primary N) is 1. The van der Waals surface area contributed by atoms with Gasteiger partial charge >= 0.3 is 0 Å². The van der Waals surface area contributed by atoms with E-state index in [1.807, 2.05) is 6.07 Å². The van der Waals surface area contributed by atoms with E-state index in [1.54, 1.807) is 18.5 Å². The number of benzene rings is 1. The molecule has 0 fully saturated rings. The third-order valence-electron chi connectivity index (χ3n) is 2.14. The van der Waals surface area contributed by atoms with Crippen LogP contribution in [0.15, 0.2) is 41.1 Å². The molecule has 0 radical (unpaired) electrons. The number of halogens is 2. The molecule has 17 heavy (non-hydrogen) atoms. The van der Waals surface area contributed by atoms with Crippen molar-refractivity contribution >= 4 is 21.6 Å². The average molecular weight is 297 g/mol. The number of aromatic nitrogens is 1. The van der Waals surface area contributed by atoms with E-state index < -0.39 is 5.82 Å². The van der Waals surface area contributed by atoms with Crippen LogP contribution in [-0.2, 0) is 6.61 Å². The summed E-state index contributed by atoms with van der Waals surface area (Å²) in [5.41, 5.74) is 6.75. The fourth-order valence-corrected chi connectivity index (χ4v) is 1.78. The number of rotatable bonds is 3. The van der Waals surface area contributed by atoms with Gasteiger partial charge in [-0.1, -0.05) is 6.07 Å². The molecule has 0 saturated carbocycles. The van der Waals surface area contributed by atoms with Crippen molar-refractivity contribution in [2.75, 3.05) is 5.73 Å². The number of anilines is 1. The van der Waals surface area contributed by atoms with E-state index in [0.717, 1.165) is 10.0 Å². The lowest BCUT2D eigenvalue weighted by molar-refractivity contribution is 0.291.